The van der Waals surface area contributed by atoms with Crippen LogP contribution in [0.25, 0.3) is 16.5 Å². The maximum absolute atomic E-state index is 13.2. The van der Waals surface area contributed by atoms with Crippen LogP contribution in [0.5, 0.6) is 0 Å². The molecule has 0 radical (unpaired) electrons. The van der Waals surface area contributed by atoms with Gasteiger partial charge in [-0.15, -0.1) is 0 Å². The second kappa shape index (κ2) is 9.37. The molecule has 1 fully saturated rings. The zero-order valence-corrected chi connectivity index (χ0v) is 18.4. The van der Waals surface area contributed by atoms with Crippen molar-refractivity contribution in [3.8, 4) is 0 Å². The second-order valence-corrected chi connectivity index (χ2v) is 7.96. The van der Waals surface area contributed by atoms with Gasteiger partial charge < -0.3 is 14.7 Å². The van der Waals surface area contributed by atoms with Crippen LogP contribution in [-0.2, 0) is 20.7 Å². The number of aryl methyl sites for hydroxylation is 1. The van der Waals surface area contributed by atoms with Crippen LogP contribution < -0.4 is 0 Å². The van der Waals surface area contributed by atoms with Gasteiger partial charge in [-0.2, -0.15) is 0 Å². The number of ketones is 1. The summed E-state index contributed by atoms with van der Waals surface area (Å²) >= 11 is 0. The largest absolute Gasteiger partial charge is 0.507 e. The molecule has 1 atom stereocenters. The molecule has 3 aromatic rings. The number of carbonyl (C=O) groups excluding carboxylic acids is 2. The molecule has 1 unspecified atom stereocenters. The van der Waals surface area contributed by atoms with Crippen LogP contribution in [0.15, 0.2) is 72.3 Å². The van der Waals surface area contributed by atoms with Crippen molar-refractivity contribution in [1.82, 2.24) is 4.90 Å². The summed E-state index contributed by atoms with van der Waals surface area (Å²) in [6.07, 6.45) is 1.47. The molecule has 1 saturated heterocycles. The molecule has 0 bridgehead atoms. The van der Waals surface area contributed by atoms with Crippen molar-refractivity contribution >= 4 is 28.2 Å². The number of methoxy groups -OCH3 is 1. The molecule has 1 aliphatic rings. The van der Waals surface area contributed by atoms with E-state index in [1.165, 1.54) is 0 Å². The maximum atomic E-state index is 13.2. The lowest BCUT2D eigenvalue weighted by Gasteiger charge is -2.26. The molecule has 0 aliphatic carbocycles. The summed E-state index contributed by atoms with van der Waals surface area (Å²) in [5, 5.41) is 13.2. The third-order valence-electron chi connectivity index (χ3n) is 6.04. The minimum atomic E-state index is -0.663. The molecule has 0 saturated carbocycles. The van der Waals surface area contributed by atoms with E-state index in [4.69, 9.17) is 4.74 Å². The first-order valence-corrected chi connectivity index (χ1v) is 10.9. The van der Waals surface area contributed by atoms with Crippen molar-refractivity contribution in [2.24, 2.45) is 0 Å². The predicted molar refractivity (Wildman–Crippen MR) is 125 cm³/mol. The molecular formula is C27H27NO4. The molecule has 5 heteroatoms. The number of amides is 1. The smallest absolute Gasteiger partial charge is 0.295 e. The highest BCUT2D eigenvalue weighted by Gasteiger charge is 2.46. The van der Waals surface area contributed by atoms with Gasteiger partial charge in [0.25, 0.3) is 11.7 Å². The number of hydrogen-bond acceptors (Lipinski definition) is 4. The third kappa shape index (κ3) is 3.92. The number of hydrogen-bond donors (Lipinski definition) is 1. The summed E-state index contributed by atoms with van der Waals surface area (Å²) in [5.41, 5.74) is 2.62. The Labute approximate surface area is 187 Å². The van der Waals surface area contributed by atoms with E-state index in [9.17, 15) is 14.7 Å². The zero-order chi connectivity index (χ0) is 22.7. The molecule has 3 aromatic carbocycles. The molecule has 1 aliphatic heterocycles. The van der Waals surface area contributed by atoms with Crippen LogP contribution in [0.3, 0.4) is 0 Å². The fraction of sp³-hybridized carbons (Fsp3) is 0.259. The summed E-state index contributed by atoms with van der Waals surface area (Å²) < 4.78 is 5.16. The standard InChI is InChI=1S/C27H27NO4/c1-3-18-12-14-20(15-13-18)25(29)23-24(28(16-7-17-32-2)27(31)26(23)30)22-11-6-9-19-8-4-5-10-21(19)22/h4-6,8-15,24,29H,3,7,16-17H2,1-2H3/b25-23-. The van der Waals surface area contributed by atoms with Gasteiger partial charge in [-0.25, -0.2) is 0 Å². The number of nitrogens with zero attached hydrogens (tertiary/aromatic N) is 1. The quantitative estimate of drug-likeness (QED) is 0.252. The normalized spacial score (nSPS) is 17.9. The van der Waals surface area contributed by atoms with Gasteiger partial charge in [0.15, 0.2) is 0 Å². The highest BCUT2D eigenvalue weighted by Crippen LogP contribution is 2.41. The summed E-state index contributed by atoms with van der Waals surface area (Å²) in [5.74, 6) is -1.39. The van der Waals surface area contributed by atoms with Gasteiger partial charge in [0.2, 0.25) is 0 Å². The predicted octanol–water partition coefficient (Wildman–Crippen LogP) is 4.86. The zero-order valence-electron chi connectivity index (χ0n) is 18.4. The number of rotatable bonds is 7. The van der Waals surface area contributed by atoms with Gasteiger partial charge >= 0.3 is 0 Å². The van der Waals surface area contributed by atoms with E-state index in [1.54, 1.807) is 24.1 Å². The molecule has 4 rings (SSSR count). The lowest BCUT2D eigenvalue weighted by Crippen LogP contribution is -2.31. The fourth-order valence-electron chi connectivity index (χ4n) is 4.36. The van der Waals surface area contributed by atoms with Crippen LogP contribution in [0, 0.1) is 0 Å². The summed E-state index contributed by atoms with van der Waals surface area (Å²) in [4.78, 5) is 27.8. The van der Waals surface area contributed by atoms with Crippen molar-refractivity contribution in [3.05, 3.63) is 89.0 Å². The van der Waals surface area contributed by atoms with E-state index in [1.807, 2.05) is 54.6 Å². The first-order chi connectivity index (χ1) is 15.6. The van der Waals surface area contributed by atoms with E-state index >= 15 is 0 Å². The molecule has 32 heavy (non-hydrogen) atoms. The van der Waals surface area contributed by atoms with Crippen LogP contribution in [0.4, 0.5) is 0 Å². The molecular weight excluding hydrogens is 402 g/mol. The number of aliphatic hydroxyl groups is 1. The average Bonchev–Trinajstić information content (AvgIpc) is 3.08. The van der Waals surface area contributed by atoms with Crippen molar-refractivity contribution in [1.29, 1.82) is 0 Å². The second-order valence-electron chi connectivity index (χ2n) is 7.96. The lowest BCUT2D eigenvalue weighted by atomic mass is 9.91. The van der Waals surface area contributed by atoms with Gasteiger partial charge in [-0.1, -0.05) is 73.7 Å². The Morgan fingerprint density at radius 3 is 2.44 bits per heavy atom. The molecule has 164 valence electrons. The van der Waals surface area contributed by atoms with Gasteiger partial charge in [0, 0.05) is 25.8 Å². The fourth-order valence-corrected chi connectivity index (χ4v) is 4.36. The average molecular weight is 430 g/mol. The Morgan fingerprint density at radius 1 is 1.00 bits per heavy atom. The molecule has 1 amide bonds. The van der Waals surface area contributed by atoms with Gasteiger partial charge in [-0.3, -0.25) is 9.59 Å². The molecule has 1 heterocycles. The Bertz CT molecular complexity index is 1170. The minimum absolute atomic E-state index is 0.132. The molecule has 5 nitrogen and oxygen atoms in total. The van der Waals surface area contributed by atoms with E-state index in [2.05, 4.69) is 6.92 Å². The molecule has 1 N–H and O–H groups in total. The SMILES string of the molecule is CCc1ccc(/C(O)=C2/C(=O)C(=O)N(CCCOC)C2c2cccc3ccccc23)cc1. The number of likely N-dealkylation sites (tertiary alicyclic amines) is 1. The Hall–Kier alpha value is -3.44. The molecule has 0 aromatic heterocycles. The monoisotopic (exact) mass is 429 g/mol. The Morgan fingerprint density at radius 2 is 1.72 bits per heavy atom. The van der Waals surface area contributed by atoms with Gasteiger partial charge in [0.1, 0.15) is 5.76 Å². The van der Waals surface area contributed by atoms with Crippen molar-refractivity contribution in [2.45, 2.75) is 25.8 Å². The summed E-state index contributed by atoms with van der Waals surface area (Å²) in [7, 11) is 1.61. The lowest BCUT2D eigenvalue weighted by molar-refractivity contribution is -0.140. The van der Waals surface area contributed by atoms with Crippen molar-refractivity contribution < 1.29 is 19.4 Å². The Balaban J connectivity index is 1.89. The summed E-state index contributed by atoms with van der Waals surface area (Å²) in [6, 6.07) is 20.5. The number of carbonyl (C=O) groups is 2. The van der Waals surface area contributed by atoms with E-state index in [-0.39, 0.29) is 11.3 Å². The number of Topliss-reactive ketones (excluding diaryl/α,β-unsaturated/α-hetero) is 1. The van der Waals surface area contributed by atoms with Gasteiger partial charge in [-0.05, 0) is 34.7 Å². The van der Waals surface area contributed by atoms with Gasteiger partial charge in [0.05, 0.1) is 11.6 Å². The third-order valence-corrected chi connectivity index (χ3v) is 6.04. The minimum Gasteiger partial charge on any atom is -0.507 e. The van der Waals surface area contributed by atoms with E-state index in [0.29, 0.717) is 25.1 Å². The summed E-state index contributed by atoms with van der Waals surface area (Å²) in [6.45, 7) is 2.89. The van der Waals surface area contributed by atoms with E-state index in [0.717, 1.165) is 28.3 Å². The topological polar surface area (TPSA) is 66.8 Å². The highest BCUT2D eigenvalue weighted by atomic mass is 16.5. The van der Waals surface area contributed by atoms with Crippen molar-refractivity contribution in [3.63, 3.8) is 0 Å². The van der Waals surface area contributed by atoms with Crippen LogP contribution in [0.1, 0.15) is 36.1 Å². The van der Waals surface area contributed by atoms with Crippen LogP contribution >= 0.6 is 0 Å². The van der Waals surface area contributed by atoms with E-state index < -0.39 is 17.7 Å². The Kier molecular flexibility index (Phi) is 6.37. The van der Waals surface area contributed by atoms with Crippen LogP contribution in [0.2, 0.25) is 0 Å². The maximum Gasteiger partial charge on any atom is 0.295 e. The first-order valence-electron chi connectivity index (χ1n) is 10.9. The number of benzene rings is 3. The molecule has 0 spiro atoms. The number of fused-ring (bicyclic) bond motifs is 1. The van der Waals surface area contributed by atoms with Crippen LogP contribution in [-0.4, -0.2) is 42.0 Å². The highest BCUT2D eigenvalue weighted by molar-refractivity contribution is 6.46. The number of ether oxygens (including phenoxy) is 1. The van der Waals surface area contributed by atoms with Crippen molar-refractivity contribution in [2.75, 3.05) is 20.3 Å². The number of aliphatic hydroxyl groups excluding tert-OH is 1. The first kappa shape index (κ1) is 21.8.